The molecular weight excluding hydrogens is 287 g/mol. The number of nitro benzene ring substituents is 1. The van der Waals surface area contributed by atoms with E-state index in [1.54, 1.807) is 25.1 Å². The van der Waals surface area contributed by atoms with E-state index in [0.717, 1.165) is 17.4 Å². The second-order valence-electron chi connectivity index (χ2n) is 4.92. The average Bonchev–Trinajstić information content (AvgIpc) is 2.53. The summed E-state index contributed by atoms with van der Waals surface area (Å²) in [6, 6.07) is 11.3. The molecule has 0 amide bonds. The number of nitrogens with zero attached hydrogens (tertiary/aromatic N) is 2. The Morgan fingerprint density at radius 1 is 1.23 bits per heavy atom. The zero-order chi connectivity index (χ0) is 16.3. The number of hydrogen-bond donors (Lipinski definition) is 0. The summed E-state index contributed by atoms with van der Waals surface area (Å²) in [5, 5.41) is 11.1. The summed E-state index contributed by atoms with van der Waals surface area (Å²) in [5.41, 5.74) is 0.681. The number of benzene rings is 2. The van der Waals surface area contributed by atoms with Gasteiger partial charge in [0, 0.05) is 7.05 Å². The Labute approximate surface area is 128 Å². The largest absolute Gasteiger partial charge is 0.497 e. The third-order valence-corrected chi connectivity index (χ3v) is 3.71. The van der Waals surface area contributed by atoms with E-state index in [2.05, 4.69) is 0 Å². The van der Waals surface area contributed by atoms with Gasteiger partial charge in [-0.25, -0.2) is 0 Å². The highest BCUT2D eigenvalue weighted by atomic mass is 19.1. The zero-order valence-corrected chi connectivity index (χ0v) is 12.6. The fourth-order valence-corrected chi connectivity index (χ4v) is 2.28. The fraction of sp³-hybridized carbons (Fsp3) is 0.250. The minimum Gasteiger partial charge on any atom is -0.497 e. The maximum atomic E-state index is 13.7. The molecule has 0 fully saturated rings. The number of hydrogen-bond acceptors (Lipinski definition) is 4. The molecule has 0 aliphatic rings. The first-order chi connectivity index (χ1) is 10.5. The molecule has 116 valence electrons. The number of anilines is 1. The Morgan fingerprint density at radius 2 is 1.86 bits per heavy atom. The lowest BCUT2D eigenvalue weighted by Crippen LogP contribution is -2.22. The predicted octanol–water partition coefficient (Wildman–Crippen LogP) is 3.94. The van der Waals surface area contributed by atoms with E-state index in [1.807, 2.05) is 31.2 Å². The summed E-state index contributed by atoms with van der Waals surface area (Å²) in [6.45, 7) is 1.90. The van der Waals surface area contributed by atoms with Gasteiger partial charge in [-0.3, -0.25) is 10.1 Å². The van der Waals surface area contributed by atoms with E-state index < -0.39 is 16.4 Å². The first kappa shape index (κ1) is 15.8. The van der Waals surface area contributed by atoms with E-state index in [9.17, 15) is 14.5 Å². The fourth-order valence-electron chi connectivity index (χ4n) is 2.28. The van der Waals surface area contributed by atoms with Gasteiger partial charge in [0.2, 0.25) is 5.82 Å². The molecule has 0 aliphatic carbocycles. The molecule has 0 saturated carbocycles. The molecule has 0 aliphatic heterocycles. The topological polar surface area (TPSA) is 55.6 Å². The van der Waals surface area contributed by atoms with E-state index in [-0.39, 0.29) is 11.7 Å². The van der Waals surface area contributed by atoms with Crippen LogP contribution in [-0.4, -0.2) is 19.1 Å². The normalized spacial score (nSPS) is 11.8. The molecule has 0 radical (unpaired) electrons. The second kappa shape index (κ2) is 6.43. The number of nitro groups is 1. The summed E-state index contributed by atoms with van der Waals surface area (Å²) in [4.78, 5) is 12.1. The van der Waals surface area contributed by atoms with Crippen molar-refractivity contribution in [1.29, 1.82) is 0 Å². The van der Waals surface area contributed by atoms with Crippen LogP contribution in [0.5, 0.6) is 5.75 Å². The molecule has 1 atom stereocenters. The first-order valence-corrected chi connectivity index (χ1v) is 6.75. The van der Waals surface area contributed by atoms with Gasteiger partial charge < -0.3 is 9.64 Å². The van der Waals surface area contributed by atoms with Gasteiger partial charge in [0.25, 0.3) is 0 Å². The van der Waals surface area contributed by atoms with Crippen LogP contribution < -0.4 is 9.64 Å². The molecule has 0 heterocycles. The summed E-state index contributed by atoms with van der Waals surface area (Å²) < 4.78 is 18.8. The minimum absolute atomic E-state index is 0.161. The van der Waals surface area contributed by atoms with E-state index in [0.29, 0.717) is 0 Å². The number of halogens is 1. The quantitative estimate of drug-likeness (QED) is 0.620. The van der Waals surface area contributed by atoms with E-state index in [4.69, 9.17) is 4.74 Å². The lowest BCUT2D eigenvalue weighted by Gasteiger charge is -2.27. The molecule has 1 unspecified atom stereocenters. The van der Waals surface area contributed by atoms with Crippen molar-refractivity contribution in [3.05, 3.63) is 64.0 Å². The van der Waals surface area contributed by atoms with Crippen molar-refractivity contribution in [2.24, 2.45) is 0 Å². The SMILES string of the molecule is COc1ccc(C(C)N(C)c2cccc(F)c2[N+](=O)[O-])cc1. The van der Waals surface area contributed by atoms with E-state index in [1.165, 1.54) is 6.07 Å². The molecular formula is C16H17FN2O3. The number of rotatable bonds is 5. The number of para-hydroxylation sites is 1. The van der Waals surface area contributed by atoms with Gasteiger partial charge in [0.1, 0.15) is 11.4 Å². The highest BCUT2D eigenvalue weighted by Crippen LogP contribution is 2.34. The highest BCUT2D eigenvalue weighted by molar-refractivity contribution is 5.64. The van der Waals surface area contributed by atoms with Gasteiger partial charge in [-0.2, -0.15) is 4.39 Å². The first-order valence-electron chi connectivity index (χ1n) is 6.75. The Hall–Kier alpha value is -2.63. The van der Waals surface area contributed by atoms with Crippen molar-refractivity contribution in [2.75, 3.05) is 19.1 Å². The lowest BCUT2D eigenvalue weighted by atomic mass is 10.1. The van der Waals surface area contributed by atoms with Gasteiger partial charge in [0.05, 0.1) is 18.1 Å². The molecule has 22 heavy (non-hydrogen) atoms. The van der Waals surface area contributed by atoms with Crippen molar-refractivity contribution in [1.82, 2.24) is 0 Å². The van der Waals surface area contributed by atoms with Crippen molar-refractivity contribution in [2.45, 2.75) is 13.0 Å². The predicted molar refractivity (Wildman–Crippen MR) is 82.9 cm³/mol. The second-order valence-corrected chi connectivity index (χ2v) is 4.92. The number of ether oxygens (including phenoxy) is 1. The molecule has 6 heteroatoms. The van der Waals surface area contributed by atoms with Crippen molar-refractivity contribution in [3.63, 3.8) is 0 Å². The summed E-state index contributed by atoms with van der Waals surface area (Å²) in [7, 11) is 3.29. The van der Waals surface area contributed by atoms with Gasteiger partial charge in [-0.15, -0.1) is 0 Å². The Kier molecular flexibility index (Phi) is 4.60. The third-order valence-electron chi connectivity index (χ3n) is 3.71. The standard InChI is InChI=1S/C16H17FN2O3/c1-11(12-7-9-13(22-3)10-8-12)18(2)15-6-4-5-14(17)16(15)19(20)21/h4-11H,1-3H3. The van der Waals surface area contributed by atoms with Crippen molar-refractivity contribution < 1.29 is 14.1 Å². The molecule has 0 aromatic heterocycles. The van der Waals surface area contributed by atoms with Crippen LogP contribution in [0.3, 0.4) is 0 Å². The Balaban J connectivity index is 2.36. The van der Waals surface area contributed by atoms with Crippen LogP contribution in [-0.2, 0) is 0 Å². The summed E-state index contributed by atoms with van der Waals surface area (Å²) in [6.07, 6.45) is 0. The van der Waals surface area contributed by atoms with Gasteiger partial charge in [-0.05, 0) is 36.8 Å². The van der Waals surface area contributed by atoms with Gasteiger partial charge >= 0.3 is 5.69 Å². The summed E-state index contributed by atoms with van der Waals surface area (Å²) in [5.74, 6) is -0.105. The van der Waals surface area contributed by atoms with Gasteiger partial charge in [0.15, 0.2) is 0 Å². The smallest absolute Gasteiger partial charge is 0.327 e. The average molecular weight is 304 g/mol. The third kappa shape index (κ3) is 3.00. The summed E-state index contributed by atoms with van der Waals surface area (Å²) >= 11 is 0. The molecule has 2 aromatic carbocycles. The Morgan fingerprint density at radius 3 is 2.41 bits per heavy atom. The molecule has 2 rings (SSSR count). The van der Waals surface area contributed by atoms with Crippen LogP contribution in [0.4, 0.5) is 15.8 Å². The van der Waals surface area contributed by atoms with Crippen LogP contribution in [0.15, 0.2) is 42.5 Å². The van der Waals surface area contributed by atoms with Crippen LogP contribution >= 0.6 is 0 Å². The molecule has 5 nitrogen and oxygen atoms in total. The number of methoxy groups -OCH3 is 1. The molecule has 0 spiro atoms. The van der Waals surface area contributed by atoms with Crippen LogP contribution in [0, 0.1) is 15.9 Å². The van der Waals surface area contributed by atoms with Crippen LogP contribution in [0.1, 0.15) is 18.5 Å². The monoisotopic (exact) mass is 304 g/mol. The maximum Gasteiger partial charge on any atom is 0.327 e. The molecule has 0 bridgehead atoms. The maximum absolute atomic E-state index is 13.7. The van der Waals surface area contributed by atoms with Crippen molar-refractivity contribution in [3.8, 4) is 5.75 Å². The highest BCUT2D eigenvalue weighted by Gasteiger charge is 2.25. The lowest BCUT2D eigenvalue weighted by molar-refractivity contribution is -0.386. The van der Waals surface area contributed by atoms with Crippen molar-refractivity contribution >= 4 is 11.4 Å². The molecule has 0 saturated heterocycles. The van der Waals surface area contributed by atoms with Crippen LogP contribution in [0.25, 0.3) is 0 Å². The van der Waals surface area contributed by atoms with E-state index >= 15 is 0 Å². The van der Waals surface area contributed by atoms with Gasteiger partial charge in [-0.1, -0.05) is 18.2 Å². The minimum atomic E-state index is -0.837. The molecule has 0 N–H and O–H groups in total. The Bertz CT molecular complexity index is 674. The van der Waals surface area contributed by atoms with Crippen LogP contribution in [0.2, 0.25) is 0 Å². The molecule has 2 aromatic rings. The zero-order valence-electron chi connectivity index (χ0n) is 12.6.